The number of hydrogen-bond donors (Lipinski definition) is 0. The minimum atomic E-state index is 0.659. The van der Waals surface area contributed by atoms with Crippen molar-refractivity contribution in [3.8, 4) is 11.5 Å². The molecule has 5 heteroatoms. The molecule has 0 saturated carbocycles. The van der Waals surface area contributed by atoms with Crippen molar-refractivity contribution in [3.63, 3.8) is 0 Å². The molecule has 2 heterocycles. The Bertz CT molecular complexity index is 936. The Morgan fingerprint density at radius 2 is 1.67 bits per heavy atom. The molecule has 27 heavy (non-hydrogen) atoms. The van der Waals surface area contributed by atoms with Crippen LogP contribution < -0.4 is 14.4 Å². The summed E-state index contributed by atoms with van der Waals surface area (Å²) >= 11 is 0. The van der Waals surface area contributed by atoms with Crippen LogP contribution >= 0.6 is 0 Å². The fourth-order valence-corrected chi connectivity index (χ4v) is 3.71. The zero-order chi connectivity index (χ0) is 18.6. The topological polar surface area (TPSA) is 47.5 Å². The standard InChI is InChI=1S/C22H25N3O2/c1-26-19-11-10-16(14-20(19)27-2)15-21-23-18-9-5-4-8-17(18)22(24-21)25-12-6-3-7-13-25/h4-5,8-11,14H,3,6-7,12-13,15H2,1-2H3. The highest BCUT2D eigenvalue weighted by Crippen LogP contribution is 2.30. The van der Waals surface area contributed by atoms with Gasteiger partial charge in [0.2, 0.25) is 0 Å². The second kappa shape index (κ2) is 7.82. The molecule has 0 radical (unpaired) electrons. The first kappa shape index (κ1) is 17.6. The van der Waals surface area contributed by atoms with Crippen LogP contribution in [0.4, 0.5) is 5.82 Å². The third-order valence-corrected chi connectivity index (χ3v) is 5.10. The summed E-state index contributed by atoms with van der Waals surface area (Å²) in [6.45, 7) is 2.13. The number of aromatic nitrogens is 2. The fourth-order valence-electron chi connectivity index (χ4n) is 3.71. The molecule has 140 valence electrons. The van der Waals surface area contributed by atoms with Gasteiger partial charge in [-0.3, -0.25) is 0 Å². The van der Waals surface area contributed by atoms with E-state index in [1.807, 2.05) is 24.3 Å². The summed E-state index contributed by atoms with van der Waals surface area (Å²) in [6.07, 6.45) is 4.41. The van der Waals surface area contributed by atoms with Crippen LogP contribution in [-0.2, 0) is 6.42 Å². The Balaban J connectivity index is 1.71. The molecule has 0 bridgehead atoms. The normalized spacial score (nSPS) is 14.4. The molecular formula is C22H25N3O2. The average molecular weight is 363 g/mol. The fraction of sp³-hybridized carbons (Fsp3) is 0.364. The van der Waals surface area contributed by atoms with Crippen LogP contribution in [0.15, 0.2) is 42.5 Å². The molecule has 1 saturated heterocycles. The van der Waals surface area contributed by atoms with Gasteiger partial charge in [0.05, 0.1) is 19.7 Å². The average Bonchev–Trinajstić information content (AvgIpc) is 2.73. The lowest BCUT2D eigenvalue weighted by atomic mass is 10.1. The minimum absolute atomic E-state index is 0.659. The predicted molar refractivity (Wildman–Crippen MR) is 108 cm³/mol. The summed E-state index contributed by atoms with van der Waals surface area (Å²) in [6, 6.07) is 14.3. The smallest absolute Gasteiger partial charge is 0.161 e. The zero-order valence-corrected chi connectivity index (χ0v) is 15.9. The molecule has 0 aliphatic carbocycles. The van der Waals surface area contributed by atoms with E-state index in [0.29, 0.717) is 6.42 Å². The highest BCUT2D eigenvalue weighted by atomic mass is 16.5. The predicted octanol–water partition coefficient (Wildman–Crippen LogP) is 4.23. The summed E-state index contributed by atoms with van der Waals surface area (Å²) < 4.78 is 10.8. The van der Waals surface area contributed by atoms with E-state index in [2.05, 4.69) is 23.1 Å². The van der Waals surface area contributed by atoms with Crippen LogP contribution in [0.1, 0.15) is 30.7 Å². The summed E-state index contributed by atoms with van der Waals surface area (Å²) in [7, 11) is 3.30. The van der Waals surface area contributed by atoms with Crippen LogP contribution in [0.25, 0.3) is 10.9 Å². The number of fused-ring (bicyclic) bond motifs is 1. The molecule has 0 amide bonds. The highest BCUT2D eigenvalue weighted by Gasteiger charge is 2.17. The van der Waals surface area contributed by atoms with E-state index in [9.17, 15) is 0 Å². The van der Waals surface area contributed by atoms with Crippen molar-refractivity contribution in [2.75, 3.05) is 32.2 Å². The largest absolute Gasteiger partial charge is 0.493 e. The maximum Gasteiger partial charge on any atom is 0.161 e. The molecule has 0 spiro atoms. The van der Waals surface area contributed by atoms with Crippen molar-refractivity contribution >= 4 is 16.7 Å². The monoisotopic (exact) mass is 363 g/mol. The summed E-state index contributed by atoms with van der Waals surface area (Å²) in [5.41, 5.74) is 2.11. The van der Waals surface area contributed by atoms with Gasteiger partial charge in [-0.15, -0.1) is 0 Å². The first-order valence-corrected chi connectivity index (χ1v) is 9.50. The van der Waals surface area contributed by atoms with Gasteiger partial charge in [-0.05, 0) is 49.1 Å². The molecule has 1 aliphatic rings. The Kier molecular flexibility index (Phi) is 5.10. The third kappa shape index (κ3) is 3.68. The number of piperidine rings is 1. The van der Waals surface area contributed by atoms with Crippen molar-refractivity contribution in [1.29, 1.82) is 0 Å². The molecule has 1 fully saturated rings. The summed E-state index contributed by atoms with van der Waals surface area (Å²) in [5, 5.41) is 1.13. The maximum absolute atomic E-state index is 5.43. The Morgan fingerprint density at radius 1 is 0.889 bits per heavy atom. The van der Waals surface area contributed by atoms with Gasteiger partial charge in [0, 0.05) is 24.9 Å². The van der Waals surface area contributed by atoms with E-state index in [4.69, 9.17) is 19.4 Å². The lowest BCUT2D eigenvalue weighted by Crippen LogP contribution is -2.30. The van der Waals surface area contributed by atoms with Crippen molar-refractivity contribution in [2.45, 2.75) is 25.7 Å². The molecule has 5 nitrogen and oxygen atoms in total. The van der Waals surface area contributed by atoms with Gasteiger partial charge in [0.25, 0.3) is 0 Å². The lowest BCUT2D eigenvalue weighted by Gasteiger charge is -2.29. The van der Waals surface area contributed by atoms with Crippen LogP contribution in [0.3, 0.4) is 0 Å². The maximum atomic E-state index is 5.43. The molecule has 1 aliphatic heterocycles. The number of anilines is 1. The van der Waals surface area contributed by atoms with Gasteiger partial charge in [-0.2, -0.15) is 0 Å². The number of rotatable bonds is 5. The highest BCUT2D eigenvalue weighted by molar-refractivity contribution is 5.89. The van der Waals surface area contributed by atoms with Gasteiger partial charge >= 0.3 is 0 Å². The van der Waals surface area contributed by atoms with Crippen LogP contribution in [0, 0.1) is 0 Å². The first-order chi connectivity index (χ1) is 13.3. The quantitative estimate of drug-likeness (QED) is 0.679. The first-order valence-electron chi connectivity index (χ1n) is 9.50. The Labute approximate surface area is 160 Å². The molecule has 2 aromatic carbocycles. The van der Waals surface area contributed by atoms with E-state index in [1.54, 1.807) is 14.2 Å². The number of methoxy groups -OCH3 is 2. The second-order valence-corrected chi connectivity index (χ2v) is 6.89. The van der Waals surface area contributed by atoms with Gasteiger partial charge in [0.15, 0.2) is 11.5 Å². The molecule has 0 unspecified atom stereocenters. The van der Waals surface area contributed by atoms with Gasteiger partial charge in [-0.25, -0.2) is 9.97 Å². The molecule has 0 N–H and O–H groups in total. The number of ether oxygens (including phenoxy) is 2. The van der Waals surface area contributed by atoms with Crippen LogP contribution in [-0.4, -0.2) is 37.3 Å². The molecule has 0 atom stereocenters. The zero-order valence-electron chi connectivity index (χ0n) is 15.9. The number of hydrogen-bond acceptors (Lipinski definition) is 5. The summed E-state index contributed by atoms with van der Waals surface area (Å²) in [5.74, 6) is 3.36. The van der Waals surface area contributed by atoms with E-state index in [-0.39, 0.29) is 0 Å². The number of benzene rings is 2. The molecule has 4 rings (SSSR count). The number of nitrogens with zero attached hydrogens (tertiary/aromatic N) is 3. The van der Waals surface area contributed by atoms with E-state index in [0.717, 1.165) is 52.7 Å². The van der Waals surface area contributed by atoms with Gasteiger partial charge in [-0.1, -0.05) is 18.2 Å². The SMILES string of the molecule is COc1ccc(Cc2nc(N3CCCCC3)c3ccccc3n2)cc1OC. The minimum Gasteiger partial charge on any atom is -0.493 e. The summed E-state index contributed by atoms with van der Waals surface area (Å²) in [4.78, 5) is 12.2. The molecule has 3 aromatic rings. The molecular weight excluding hydrogens is 338 g/mol. The van der Waals surface area contributed by atoms with E-state index < -0.39 is 0 Å². The van der Waals surface area contributed by atoms with Crippen molar-refractivity contribution in [1.82, 2.24) is 9.97 Å². The van der Waals surface area contributed by atoms with Crippen LogP contribution in [0.2, 0.25) is 0 Å². The van der Waals surface area contributed by atoms with E-state index in [1.165, 1.54) is 19.3 Å². The Hall–Kier alpha value is -2.82. The van der Waals surface area contributed by atoms with Crippen molar-refractivity contribution in [3.05, 3.63) is 53.9 Å². The van der Waals surface area contributed by atoms with Crippen LogP contribution in [0.5, 0.6) is 11.5 Å². The lowest BCUT2D eigenvalue weighted by molar-refractivity contribution is 0.354. The second-order valence-electron chi connectivity index (χ2n) is 6.89. The van der Waals surface area contributed by atoms with E-state index >= 15 is 0 Å². The van der Waals surface area contributed by atoms with Crippen molar-refractivity contribution < 1.29 is 9.47 Å². The third-order valence-electron chi connectivity index (χ3n) is 5.10. The van der Waals surface area contributed by atoms with Gasteiger partial charge < -0.3 is 14.4 Å². The molecule has 1 aromatic heterocycles. The van der Waals surface area contributed by atoms with Gasteiger partial charge in [0.1, 0.15) is 11.6 Å². The Morgan fingerprint density at radius 3 is 2.44 bits per heavy atom. The van der Waals surface area contributed by atoms with Crippen molar-refractivity contribution in [2.24, 2.45) is 0 Å². The number of para-hydroxylation sites is 1.